The maximum absolute atomic E-state index is 13.0. The second kappa shape index (κ2) is 7.98. The summed E-state index contributed by atoms with van der Waals surface area (Å²) in [4.78, 5) is 30.8. The van der Waals surface area contributed by atoms with E-state index >= 15 is 0 Å². The van der Waals surface area contributed by atoms with E-state index in [0.29, 0.717) is 6.54 Å². The highest BCUT2D eigenvalue weighted by Crippen LogP contribution is 2.36. The van der Waals surface area contributed by atoms with Crippen molar-refractivity contribution in [3.63, 3.8) is 0 Å². The summed E-state index contributed by atoms with van der Waals surface area (Å²) >= 11 is 0. The Kier molecular flexibility index (Phi) is 5.03. The molecule has 2 heterocycles. The van der Waals surface area contributed by atoms with Crippen molar-refractivity contribution in [2.45, 2.75) is 44.6 Å². The molecule has 1 aliphatic heterocycles. The Morgan fingerprint density at radius 3 is 2.57 bits per heavy atom. The molecule has 2 N–H and O–H groups in total. The smallest absolute Gasteiger partial charge is 0.253 e. The molecule has 0 bridgehead atoms. The zero-order valence-electron chi connectivity index (χ0n) is 17.1. The lowest BCUT2D eigenvalue weighted by Crippen LogP contribution is -2.31. The zero-order chi connectivity index (χ0) is 20.5. The van der Waals surface area contributed by atoms with Gasteiger partial charge in [-0.2, -0.15) is 0 Å². The first-order chi connectivity index (χ1) is 14.7. The number of nitrogens with zero attached hydrogens (tertiary/aromatic N) is 1. The standard InChI is InChI=1S/C25H27N3O2/c29-24(21-8-5-7-20-19-6-1-2-9-22(19)27-23(20)21)26-16-17-10-12-18(13-11-17)25(30)28-14-3-4-15-28/h1-2,6,9-13,21,27H,3-5,7-8,14-16H2,(H,26,29). The van der Waals surface area contributed by atoms with E-state index in [4.69, 9.17) is 0 Å². The molecule has 0 radical (unpaired) electrons. The first-order valence-corrected chi connectivity index (χ1v) is 11.0. The van der Waals surface area contributed by atoms with Gasteiger partial charge in [-0.05, 0) is 61.4 Å². The van der Waals surface area contributed by atoms with Crippen LogP contribution in [-0.2, 0) is 17.8 Å². The lowest BCUT2D eigenvalue weighted by atomic mass is 9.86. The quantitative estimate of drug-likeness (QED) is 0.690. The van der Waals surface area contributed by atoms with Gasteiger partial charge in [-0.1, -0.05) is 30.3 Å². The third kappa shape index (κ3) is 3.49. The van der Waals surface area contributed by atoms with Crippen LogP contribution < -0.4 is 5.32 Å². The Bertz CT molecular complexity index is 1080. The number of benzene rings is 2. The summed E-state index contributed by atoms with van der Waals surface area (Å²) in [6.07, 6.45) is 5.11. The molecule has 1 atom stereocenters. The summed E-state index contributed by atoms with van der Waals surface area (Å²) < 4.78 is 0. The summed E-state index contributed by atoms with van der Waals surface area (Å²) in [6, 6.07) is 15.9. The second-order valence-corrected chi connectivity index (χ2v) is 8.42. The lowest BCUT2D eigenvalue weighted by Gasteiger charge is -2.22. The van der Waals surface area contributed by atoms with Gasteiger partial charge < -0.3 is 15.2 Å². The molecule has 5 rings (SSSR count). The molecule has 5 heteroatoms. The molecule has 5 nitrogen and oxygen atoms in total. The number of carbonyl (C=O) groups is 2. The minimum absolute atomic E-state index is 0.0692. The fourth-order valence-electron chi connectivity index (χ4n) is 4.86. The molecule has 1 fully saturated rings. The van der Waals surface area contributed by atoms with Crippen molar-refractivity contribution in [1.82, 2.24) is 15.2 Å². The van der Waals surface area contributed by atoms with Crippen molar-refractivity contribution in [2.75, 3.05) is 13.1 Å². The summed E-state index contributed by atoms with van der Waals surface area (Å²) in [7, 11) is 0. The van der Waals surface area contributed by atoms with Crippen LogP contribution in [0.1, 0.15) is 58.8 Å². The van der Waals surface area contributed by atoms with E-state index in [2.05, 4.69) is 28.5 Å². The van der Waals surface area contributed by atoms with E-state index in [-0.39, 0.29) is 17.7 Å². The molecule has 30 heavy (non-hydrogen) atoms. The minimum Gasteiger partial charge on any atom is -0.357 e. The number of aromatic amines is 1. The number of likely N-dealkylation sites (tertiary alicyclic amines) is 1. The predicted octanol–water partition coefficient (Wildman–Crippen LogP) is 4.14. The molecular weight excluding hydrogens is 374 g/mol. The average molecular weight is 402 g/mol. The molecule has 154 valence electrons. The third-order valence-corrected chi connectivity index (χ3v) is 6.49. The maximum Gasteiger partial charge on any atom is 0.253 e. The second-order valence-electron chi connectivity index (χ2n) is 8.42. The van der Waals surface area contributed by atoms with Crippen LogP contribution in [0, 0.1) is 0 Å². The first-order valence-electron chi connectivity index (χ1n) is 11.0. The minimum atomic E-state index is -0.128. The first kappa shape index (κ1) is 18.9. The largest absolute Gasteiger partial charge is 0.357 e. The van der Waals surface area contributed by atoms with Gasteiger partial charge in [0, 0.05) is 41.8 Å². The van der Waals surface area contributed by atoms with Gasteiger partial charge in [0.15, 0.2) is 0 Å². The Morgan fingerprint density at radius 1 is 1.00 bits per heavy atom. The molecule has 1 saturated heterocycles. The number of carbonyl (C=O) groups excluding carboxylic acids is 2. The van der Waals surface area contributed by atoms with Crippen molar-refractivity contribution in [3.05, 3.63) is 70.9 Å². The monoisotopic (exact) mass is 401 g/mol. The van der Waals surface area contributed by atoms with Gasteiger partial charge in [-0.15, -0.1) is 0 Å². The third-order valence-electron chi connectivity index (χ3n) is 6.49. The Balaban J connectivity index is 1.25. The molecule has 1 unspecified atom stereocenters. The molecular formula is C25H27N3O2. The van der Waals surface area contributed by atoms with Gasteiger partial charge in [-0.25, -0.2) is 0 Å². The molecule has 2 aliphatic rings. The van der Waals surface area contributed by atoms with Crippen LogP contribution in [0.2, 0.25) is 0 Å². The van der Waals surface area contributed by atoms with Crippen LogP contribution in [-0.4, -0.2) is 34.8 Å². The number of hydrogen-bond donors (Lipinski definition) is 2. The van der Waals surface area contributed by atoms with Gasteiger partial charge >= 0.3 is 0 Å². The van der Waals surface area contributed by atoms with Crippen molar-refractivity contribution < 1.29 is 9.59 Å². The summed E-state index contributed by atoms with van der Waals surface area (Å²) in [5.41, 5.74) is 5.21. The Hall–Kier alpha value is -3.08. The van der Waals surface area contributed by atoms with Crippen LogP contribution in [0.15, 0.2) is 48.5 Å². The average Bonchev–Trinajstić information content (AvgIpc) is 3.45. The van der Waals surface area contributed by atoms with E-state index in [0.717, 1.165) is 67.5 Å². The summed E-state index contributed by atoms with van der Waals surface area (Å²) in [6.45, 7) is 2.19. The molecule has 2 amide bonds. The number of aromatic nitrogens is 1. The van der Waals surface area contributed by atoms with Gasteiger partial charge in [0.25, 0.3) is 5.91 Å². The van der Waals surface area contributed by atoms with E-state index in [1.54, 1.807) is 0 Å². The van der Waals surface area contributed by atoms with Crippen LogP contribution in [0.5, 0.6) is 0 Å². The summed E-state index contributed by atoms with van der Waals surface area (Å²) in [5.74, 6) is 0.0496. The number of para-hydroxylation sites is 1. The van der Waals surface area contributed by atoms with Gasteiger partial charge in [0.2, 0.25) is 5.91 Å². The van der Waals surface area contributed by atoms with Crippen LogP contribution in [0.25, 0.3) is 10.9 Å². The van der Waals surface area contributed by atoms with Crippen LogP contribution in [0.4, 0.5) is 0 Å². The highest BCUT2D eigenvalue weighted by Gasteiger charge is 2.29. The Morgan fingerprint density at radius 2 is 1.77 bits per heavy atom. The van der Waals surface area contributed by atoms with Gasteiger partial charge in [0.1, 0.15) is 0 Å². The number of H-pyrrole nitrogens is 1. The van der Waals surface area contributed by atoms with Crippen molar-refractivity contribution >= 4 is 22.7 Å². The predicted molar refractivity (Wildman–Crippen MR) is 117 cm³/mol. The maximum atomic E-state index is 13.0. The Labute approximate surface area is 176 Å². The normalized spacial score (nSPS) is 18.4. The van der Waals surface area contributed by atoms with E-state index in [1.807, 2.05) is 35.2 Å². The highest BCUT2D eigenvalue weighted by molar-refractivity contribution is 5.94. The fourth-order valence-corrected chi connectivity index (χ4v) is 4.86. The van der Waals surface area contributed by atoms with Crippen LogP contribution in [0.3, 0.4) is 0 Å². The SMILES string of the molecule is O=C(NCc1ccc(C(=O)N2CCCC2)cc1)C1CCCc2c1[nH]c1ccccc21. The van der Waals surface area contributed by atoms with Crippen molar-refractivity contribution in [1.29, 1.82) is 0 Å². The number of hydrogen-bond acceptors (Lipinski definition) is 2. The fraction of sp³-hybridized carbons (Fsp3) is 0.360. The zero-order valence-corrected chi connectivity index (χ0v) is 17.1. The van der Waals surface area contributed by atoms with Gasteiger partial charge in [0.05, 0.1) is 5.92 Å². The van der Waals surface area contributed by atoms with E-state index in [1.165, 1.54) is 10.9 Å². The van der Waals surface area contributed by atoms with E-state index in [9.17, 15) is 9.59 Å². The topological polar surface area (TPSA) is 65.2 Å². The molecule has 0 spiro atoms. The number of aryl methyl sites for hydroxylation is 1. The number of nitrogens with one attached hydrogen (secondary N) is 2. The molecule has 3 aromatic rings. The van der Waals surface area contributed by atoms with Crippen LogP contribution >= 0.6 is 0 Å². The molecule has 2 aromatic carbocycles. The number of fused-ring (bicyclic) bond motifs is 3. The van der Waals surface area contributed by atoms with Crippen molar-refractivity contribution in [3.8, 4) is 0 Å². The number of rotatable bonds is 4. The van der Waals surface area contributed by atoms with Crippen molar-refractivity contribution in [2.24, 2.45) is 0 Å². The molecule has 1 aromatic heterocycles. The number of amides is 2. The molecule has 0 saturated carbocycles. The van der Waals surface area contributed by atoms with E-state index < -0.39 is 0 Å². The molecule has 1 aliphatic carbocycles. The summed E-state index contributed by atoms with van der Waals surface area (Å²) in [5, 5.41) is 4.34. The van der Waals surface area contributed by atoms with Gasteiger partial charge in [-0.3, -0.25) is 9.59 Å². The highest BCUT2D eigenvalue weighted by atomic mass is 16.2. The lowest BCUT2D eigenvalue weighted by molar-refractivity contribution is -0.123.